The lowest BCUT2D eigenvalue weighted by molar-refractivity contribution is 0.0394. The molecule has 0 spiro atoms. The van der Waals surface area contributed by atoms with E-state index in [1.807, 2.05) is 6.07 Å². The zero-order valence-electron chi connectivity index (χ0n) is 17.6. The van der Waals surface area contributed by atoms with E-state index >= 15 is 0 Å². The Balaban J connectivity index is 1.57. The largest absolute Gasteiger partial charge is 0.491 e. The van der Waals surface area contributed by atoms with Crippen molar-refractivity contribution in [3.8, 4) is 22.8 Å². The number of carbonyl (C=O) groups is 1. The summed E-state index contributed by atoms with van der Waals surface area (Å²) < 4.78 is 21.0. The maximum atomic E-state index is 10.9. The van der Waals surface area contributed by atoms with Gasteiger partial charge >= 0.3 is 6.09 Å². The lowest BCUT2D eigenvalue weighted by atomic mass is 10.0. The molecule has 162 valence electrons. The smallest absolute Gasteiger partial charge is 0.404 e. The van der Waals surface area contributed by atoms with E-state index in [0.29, 0.717) is 24.3 Å². The maximum absolute atomic E-state index is 10.9. The summed E-state index contributed by atoms with van der Waals surface area (Å²) in [4.78, 5) is 15.2. The summed E-state index contributed by atoms with van der Waals surface area (Å²) in [5.74, 6) is 1.22. The van der Waals surface area contributed by atoms with Crippen molar-refractivity contribution >= 4 is 6.09 Å². The van der Waals surface area contributed by atoms with Gasteiger partial charge in [0.2, 0.25) is 0 Å². The normalized spacial score (nSPS) is 20.7. The van der Waals surface area contributed by atoms with E-state index in [-0.39, 0.29) is 12.0 Å². The molecule has 1 fully saturated rings. The van der Waals surface area contributed by atoms with Gasteiger partial charge in [0.15, 0.2) is 5.75 Å². The van der Waals surface area contributed by atoms with Crippen molar-refractivity contribution in [3.05, 3.63) is 42.1 Å². The minimum atomic E-state index is -0.744. The number of ether oxygens (including phenoxy) is 4. The van der Waals surface area contributed by atoms with Crippen molar-refractivity contribution in [2.24, 2.45) is 11.7 Å². The van der Waals surface area contributed by atoms with Gasteiger partial charge in [-0.05, 0) is 30.0 Å². The molecule has 1 aliphatic rings. The van der Waals surface area contributed by atoms with Gasteiger partial charge in [-0.2, -0.15) is 0 Å². The van der Waals surface area contributed by atoms with Gasteiger partial charge < -0.3 is 30.0 Å². The Morgan fingerprint density at radius 3 is 2.53 bits per heavy atom. The lowest BCUT2D eigenvalue weighted by Crippen LogP contribution is -2.26. The Kier molecular flexibility index (Phi) is 7.48. The van der Waals surface area contributed by atoms with Crippen LogP contribution in [0.2, 0.25) is 0 Å². The monoisotopic (exact) mass is 415 g/mol. The van der Waals surface area contributed by atoms with Crippen LogP contribution in [0.25, 0.3) is 11.1 Å². The van der Waals surface area contributed by atoms with E-state index in [0.717, 1.165) is 30.5 Å². The molecule has 0 saturated heterocycles. The molecule has 1 heterocycles. The fourth-order valence-electron chi connectivity index (χ4n) is 3.87. The first-order valence-electron chi connectivity index (χ1n) is 9.89. The second kappa shape index (κ2) is 10.3. The number of aromatic nitrogens is 1. The molecule has 30 heavy (non-hydrogen) atoms. The van der Waals surface area contributed by atoms with Crippen molar-refractivity contribution in [1.82, 2.24) is 10.3 Å². The maximum Gasteiger partial charge on any atom is 0.404 e. The first-order chi connectivity index (χ1) is 14.5. The number of nitrogens with two attached hydrogens (primary N) is 1. The average molecular weight is 415 g/mol. The zero-order chi connectivity index (χ0) is 21.5. The van der Waals surface area contributed by atoms with Gasteiger partial charge in [-0.3, -0.25) is 0 Å². The molecule has 0 unspecified atom stereocenters. The fourth-order valence-corrected chi connectivity index (χ4v) is 3.87. The predicted molar refractivity (Wildman–Crippen MR) is 112 cm³/mol. The van der Waals surface area contributed by atoms with Crippen LogP contribution < -0.4 is 20.5 Å². The number of pyridine rings is 1. The molecule has 1 aromatic heterocycles. The molecule has 0 aliphatic heterocycles. The Labute approximate surface area is 176 Å². The molecule has 0 radical (unpaired) electrons. The van der Waals surface area contributed by atoms with Gasteiger partial charge in [0, 0.05) is 37.4 Å². The van der Waals surface area contributed by atoms with Gasteiger partial charge in [0.25, 0.3) is 5.88 Å². The third kappa shape index (κ3) is 5.40. The number of carbonyl (C=O) groups excluding carboxylic acids is 1. The van der Waals surface area contributed by atoms with Crippen LogP contribution in [0.1, 0.15) is 18.4 Å². The van der Waals surface area contributed by atoms with Crippen LogP contribution in [0.3, 0.4) is 0 Å². The van der Waals surface area contributed by atoms with Gasteiger partial charge in [-0.1, -0.05) is 24.3 Å². The number of rotatable bonds is 9. The van der Waals surface area contributed by atoms with Crippen LogP contribution in [-0.2, 0) is 16.0 Å². The summed E-state index contributed by atoms with van der Waals surface area (Å²) in [5, 5.41) is 3.57. The van der Waals surface area contributed by atoms with Crippen LogP contribution in [0.15, 0.2) is 36.5 Å². The van der Waals surface area contributed by atoms with Gasteiger partial charge in [-0.25, -0.2) is 9.78 Å². The molecule has 2 aromatic rings. The van der Waals surface area contributed by atoms with Crippen molar-refractivity contribution in [1.29, 1.82) is 0 Å². The highest BCUT2D eigenvalue weighted by Gasteiger charge is 2.34. The second-order valence-corrected chi connectivity index (χ2v) is 7.35. The van der Waals surface area contributed by atoms with Crippen molar-refractivity contribution in [2.75, 3.05) is 27.9 Å². The van der Waals surface area contributed by atoms with Crippen LogP contribution in [0.4, 0.5) is 4.79 Å². The highest BCUT2D eigenvalue weighted by molar-refractivity contribution is 5.65. The van der Waals surface area contributed by atoms with Gasteiger partial charge in [0.05, 0.1) is 26.9 Å². The van der Waals surface area contributed by atoms with E-state index in [2.05, 4.69) is 34.6 Å². The minimum Gasteiger partial charge on any atom is -0.491 e. The van der Waals surface area contributed by atoms with Crippen molar-refractivity contribution in [3.63, 3.8) is 0 Å². The average Bonchev–Trinajstić information content (AvgIpc) is 3.18. The summed E-state index contributed by atoms with van der Waals surface area (Å²) >= 11 is 0. The Morgan fingerprint density at radius 1 is 1.13 bits per heavy atom. The molecule has 8 heteroatoms. The van der Waals surface area contributed by atoms with E-state index in [9.17, 15) is 4.79 Å². The third-order valence-corrected chi connectivity index (χ3v) is 5.49. The number of amides is 1. The fraction of sp³-hybridized carbons (Fsp3) is 0.455. The highest BCUT2D eigenvalue weighted by Crippen LogP contribution is 2.31. The molecule has 3 N–H and O–H groups in total. The molecular weight excluding hydrogens is 386 g/mol. The number of nitrogens with one attached hydrogen (secondary N) is 1. The van der Waals surface area contributed by atoms with Gasteiger partial charge in [0.1, 0.15) is 0 Å². The van der Waals surface area contributed by atoms with Crippen LogP contribution in [0, 0.1) is 5.92 Å². The van der Waals surface area contributed by atoms with Crippen LogP contribution in [-0.4, -0.2) is 51.2 Å². The minimum absolute atomic E-state index is 0.0572. The molecule has 1 aliphatic carbocycles. The van der Waals surface area contributed by atoms with Crippen molar-refractivity contribution < 1.29 is 23.7 Å². The number of hydrogen-bond donors (Lipinski definition) is 2. The Morgan fingerprint density at radius 2 is 1.90 bits per heavy atom. The first kappa shape index (κ1) is 21.9. The number of primary amides is 1. The van der Waals surface area contributed by atoms with E-state index < -0.39 is 6.09 Å². The molecule has 1 amide bonds. The summed E-state index contributed by atoms with van der Waals surface area (Å²) in [7, 11) is 4.85. The molecule has 1 saturated carbocycles. The highest BCUT2D eigenvalue weighted by atomic mass is 16.5. The summed E-state index contributed by atoms with van der Waals surface area (Å²) in [6, 6.07) is 10.5. The summed E-state index contributed by atoms with van der Waals surface area (Å²) in [6.45, 7) is 1.04. The van der Waals surface area contributed by atoms with E-state index in [1.54, 1.807) is 27.5 Å². The number of nitrogens with zero attached hydrogens (tertiary/aromatic N) is 1. The SMILES string of the molecule is COc1cc(-c2ccc(CN[C@@H]3C[C@@H](COC(N)=O)[C@@H](OC)C3)cc2)cnc1OC. The number of hydrogen-bond acceptors (Lipinski definition) is 7. The first-order valence-corrected chi connectivity index (χ1v) is 9.89. The molecule has 8 nitrogen and oxygen atoms in total. The molecule has 0 bridgehead atoms. The van der Waals surface area contributed by atoms with Crippen LogP contribution >= 0.6 is 0 Å². The van der Waals surface area contributed by atoms with Crippen LogP contribution in [0.5, 0.6) is 11.6 Å². The predicted octanol–water partition coefficient (Wildman–Crippen LogP) is 2.74. The molecular formula is C22H29N3O5. The number of methoxy groups -OCH3 is 3. The molecule has 3 rings (SSSR count). The summed E-state index contributed by atoms with van der Waals surface area (Å²) in [5.41, 5.74) is 8.27. The number of benzene rings is 1. The van der Waals surface area contributed by atoms with E-state index in [4.69, 9.17) is 24.7 Å². The topological polar surface area (TPSA) is 105 Å². The third-order valence-electron chi connectivity index (χ3n) is 5.49. The van der Waals surface area contributed by atoms with Gasteiger partial charge in [-0.15, -0.1) is 0 Å². The zero-order valence-corrected chi connectivity index (χ0v) is 17.6. The summed E-state index contributed by atoms with van der Waals surface area (Å²) in [6.07, 6.45) is 2.83. The Hall–Kier alpha value is -2.84. The quantitative estimate of drug-likeness (QED) is 0.649. The molecule has 1 aromatic carbocycles. The Bertz CT molecular complexity index is 843. The second-order valence-electron chi connectivity index (χ2n) is 7.35. The van der Waals surface area contributed by atoms with Crippen molar-refractivity contribution in [2.45, 2.75) is 31.5 Å². The molecule has 3 atom stereocenters. The lowest BCUT2D eigenvalue weighted by Gasteiger charge is -2.16. The van der Waals surface area contributed by atoms with E-state index in [1.165, 1.54) is 5.56 Å². The standard InChI is InChI=1S/C22H29N3O5/c1-27-19-10-18(8-17(19)13-30-22(23)26)24-11-14-4-6-15(7-5-14)16-9-20(28-2)21(29-3)25-12-16/h4-7,9,12,17-19,24H,8,10-11,13H2,1-3H3,(H2,23,26)/t17-,18+,19-/m0/s1.